The van der Waals surface area contributed by atoms with E-state index in [-0.39, 0.29) is 27.9 Å². The number of halogens is 5. The second-order valence-corrected chi connectivity index (χ2v) is 7.93. The highest BCUT2D eigenvalue weighted by Gasteiger charge is 2.32. The van der Waals surface area contributed by atoms with Crippen LogP contribution in [-0.2, 0) is 12.6 Å². The highest BCUT2D eigenvalue weighted by atomic mass is 35.5. The Morgan fingerprint density at radius 2 is 1.96 bits per heavy atom. The van der Waals surface area contributed by atoms with Crippen molar-refractivity contribution in [3.05, 3.63) is 75.2 Å². The number of rotatable bonds is 4. The number of nitrogens with two attached hydrogens (primary N) is 1. The summed E-state index contributed by atoms with van der Waals surface area (Å²) in [5, 5.41) is 3.14. The predicted molar refractivity (Wildman–Crippen MR) is 102 cm³/mol. The molecule has 28 heavy (non-hydrogen) atoms. The number of hydrogen-bond donors (Lipinski definition) is 2. The minimum Gasteiger partial charge on any atom is -0.375 e. The summed E-state index contributed by atoms with van der Waals surface area (Å²) in [6.07, 6.45) is -4.41. The Morgan fingerprint density at radius 1 is 1.25 bits per heavy atom. The second-order valence-electron chi connectivity index (χ2n) is 6.31. The molecule has 148 valence electrons. The Morgan fingerprint density at radius 3 is 2.57 bits per heavy atom. The first-order valence-electron chi connectivity index (χ1n) is 8.15. The lowest BCUT2D eigenvalue weighted by Crippen LogP contribution is -2.22. The van der Waals surface area contributed by atoms with Crippen molar-refractivity contribution in [1.82, 2.24) is 5.32 Å². The van der Waals surface area contributed by atoms with Gasteiger partial charge in [-0.3, -0.25) is 4.79 Å². The minimum atomic E-state index is -4.61. The van der Waals surface area contributed by atoms with Gasteiger partial charge in [0.2, 0.25) is 5.91 Å². The molecule has 2 aromatic carbocycles. The molecule has 0 fully saturated rings. The van der Waals surface area contributed by atoms with E-state index in [1.165, 1.54) is 17.8 Å². The second kappa shape index (κ2) is 7.67. The fraction of sp³-hybridized carbons (Fsp3) is 0.211. The van der Waals surface area contributed by atoms with Crippen molar-refractivity contribution in [2.24, 2.45) is 5.73 Å². The van der Waals surface area contributed by atoms with E-state index in [2.05, 4.69) is 5.32 Å². The van der Waals surface area contributed by atoms with Gasteiger partial charge in [0.05, 0.1) is 21.5 Å². The summed E-state index contributed by atoms with van der Waals surface area (Å²) in [6.45, 7) is 1.82. The van der Waals surface area contributed by atoms with E-state index >= 15 is 0 Å². The van der Waals surface area contributed by atoms with E-state index in [1.54, 1.807) is 12.1 Å². The summed E-state index contributed by atoms with van der Waals surface area (Å²) < 4.78 is 52.3. The third-order valence-corrected chi connectivity index (χ3v) is 5.84. The van der Waals surface area contributed by atoms with Crippen molar-refractivity contribution in [3.8, 4) is 0 Å². The van der Waals surface area contributed by atoms with Crippen molar-refractivity contribution in [1.29, 1.82) is 0 Å². The summed E-state index contributed by atoms with van der Waals surface area (Å²) in [5.74, 6) is -1.56. The van der Waals surface area contributed by atoms with Gasteiger partial charge >= 0.3 is 6.18 Å². The van der Waals surface area contributed by atoms with Crippen LogP contribution in [0.15, 0.2) is 42.1 Å². The first-order chi connectivity index (χ1) is 13.0. The van der Waals surface area contributed by atoms with E-state index in [4.69, 9.17) is 17.3 Å². The maximum absolute atomic E-state index is 13.6. The number of primary amides is 1. The van der Waals surface area contributed by atoms with E-state index in [0.717, 1.165) is 28.3 Å². The van der Waals surface area contributed by atoms with Crippen LogP contribution in [0.5, 0.6) is 0 Å². The summed E-state index contributed by atoms with van der Waals surface area (Å²) >= 11 is 7.49. The highest BCUT2D eigenvalue weighted by molar-refractivity contribution is 8.09. The van der Waals surface area contributed by atoms with Crippen LogP contribution in [0, 0.1) is 5.82 Å². The van der Waals surface area contributed by atoms with Crippen molar-refractivity contribution in [2.45, 2.75) is 24.9 Å². The molecule has 9 heteroatoms. The van der Waals surface area contributed by atoms with Crippen LogP contribution in [0.25, 0.3) is 4.91 Å². The van der Waals surface area contributed by atoms with E-state index < -0.39 is 23.5 Å². The highest BCUT2D eigenvalue weighted by Crippen LogP contribution is 2.40. The van der Waals surface area contributed by atoms with Gasteiger partial charge in [-0.05, 0) is 48.4 Å². The van der Waals surface area contributed by atoms with E-state index in [1.807, 2.05) is 6.92 Å². The van der Waals surface area contributed by atoms with Crippen molar-refractivity contribution in [2.75, 3.05) is 0 Å². The van der Waals surface area contributed by atoms with Crippen LogP contribution < -0.4 is 11.1 Å². The van der Waals surface area contributed by atoms with Crippen molar-refractivity contribution < 1.29 is 22.4 Å². The zero-order chi connectivity index (χ0) is 20.6. The van der Waals surface area contributed by atoms with Crippen LogP contribution in [-0.4, -0.2) is 11.3 Å². The molecule has 0 aromatic heterocycles. The normalized spacial score (nSPS) is 17.0. The van der Waals surface area contributed by atoms with Gasteiger partial charge in [0.25, 0.3) is 0 Å². The topological polar surface area (TPSA) is 55.1 Å². The molecule has 0 spiro atoms. The molecule has 3 rings (SSSR count). The lowest BCUT2D eigenvalue weighted by Gasteiger charge is -2.14. The Bertz CT molecular complexity index is 975. The molecular weight excluding hydrogens is 416 g/mol. The van der Waals surface area contributed by atoms with Crippen LogP contribution in [0.1, 0.15) is 34.0 Å². The molecule has 0 aliphatic carbocycles. The third kappa shape index (κ3) is 4.44. The predicted octanol–water partition coefficient (Wildman–Crippen LogP) is 5.19. The molecule has 1 heterocycles. The fourth-order valence-corrected chi connectivity index (χ4v) is 4.51. The molecule has 2 aromatic rings. The maximum Gasteiger partial charge on any atom is 0.416 e. The maximum atomic E-state index is 13.6. The van der Waals surface area contributed by atoms with Gasteiger partial charge in [0, 0.05) is 17.0 Å². The van der Waals surface area contributed by atoms with Crippen LogP contribution >= 0.6 is 23.4 Å². The number of nitrogens with one attached hydrogen (secondary N) is 1. The average molecular weight is 431 g/mol. The molecule has 3 N–H and O–H groups in total. The Balaban J connectivity index is 1.79. The number of benzene rings is 2. The smallest absolute Gasteiger partial charge is 0.375 e. The van der Waals surface area contributed by atoms with Gasteiger partial charge in [-0.1, -0.05) is 29.4 Å². The molecular formula is C19H15ClF4N2OS. The first kappa shape index (κ1) is 20.5. The van der Waals surface area contributed by atoms with Gasteiger partial charge in [-0.25, -0.2) is 4.39 Å². The summed E-state index contributed by atoms with van der Waals surface area (Å²) in [4.78, 5) is 12.1. The molecule has 1 aliphatic heterocycles. The van der Waals surface area contributed by atoms with Gasteiger partial charge in [-0.2, -0.15) is 13.2 Å². The zero-order valence-electron chi connectivity index (χ0n) is 14.5. The number of carbonyl (C=O) groups is 1. The first-order valence-corrected chi connectivity index (χ1v) is 9.41. The molecule has 1 amide bonds. The molecule has 1 aliphatic rings. The van der Waals surface area contributed by atoms with Gasteiger partial charge in [0.15, 0.2) is 0 Å². The monoisotopic (exact) mass is 430 g/mol. The Hall–Kier alpha value is -2.19. The number of alkyl halides is 3. The number of hydrogen-bond acceptors (Lipinski definition) is 3. The van der Waals surface area contributed by atoms with Crippen molar-refractivity contribution in [3.63, 3.8) is 0 Å². The van der Waals surface area contributed by atoms with Gasteiger partial charge < -0.3 is 11.1 Å². The third-order valence-electron chi connectivity index (χ3n) is 4.18. The standard InChI is InChI=1S/C19H15ClF4N2OS/c1-9-17(11-2-3-14(18(25)27)15(20)7-11)28-16(26-9)6-10-4-12(19(22,23)24)8-13(21)5-10/h2-5,7-8,16,26H,6H2,1H3,(H2,25,27). The molecule has 0 bridgehead atoms. The molecule has 3 nitrogen and oxygen atoms in total. The largest absolute Gasteiger partial charge is 0.416 e. The SMILES string of the molecule is CC1=C(c2ccc(C(N)=O)c(Cl)c2)SC(Cc2cc(F)cc(C(F)(F)F)c2)N1. The number of amides is 1. The zero-order valence-corrected chi connectivity index (χ0v) is 16.1. The van der Waals surface area contributed by atoms with Gasteiger partial charge in [-0.15, -0.1) is 0 Å². The molecule has 1 atom stereocenters. The molecule has 0 saturated heterocycles. The van der Waals surface area contributed by atoms with Crippen LogP contribution in [0.2, 0.25) is 5.02 Å². The average Bonchev–Trinajstić information content (AvgIpc) is 2.93. The van der Waals surface area contributed by atoms with E-state index in [0.29, 0.717) is 6.07 Å². The molecule has 1 unspecified atom stereocenters. The lowest BCUT2D eigenvalue weighted by atomic mass is 10.1. The Kier molecular flexibility index (Phi) is 5.63. The van der Waals surface area contributed by atoms with Gasteiger partial charge in [0.1, 0.15) is 5.82 Å². The quantitative estimate of drug-likeness (QED) is 0.656. The summed E-state index contributed by atoms with van der Waals surface area (Å²) in [7, 11) is 0. The fourth-order valence-electron chi connectivity index (χ4n) is 2.95. The minimum absolute atomic E-state index is 0.194. The number of thioether (sulfide) groups is 1. The number of carbonyl (C=O) groups excluding carboxylic acids is 1. The lowest BCUT2D eigenvalue weighted by molar-refractivity contribution is -0.137. The summed E-state index contributed by atoms with van der Waals surface area (Å²) in [5.41, 5.74) is 6.25. The van der Waals surface area contributed by atoms with Crippen LogP contribution in [0.4, 0.5) is 17.6 Å². The molecule has 0 radical (unpaired) electrons. The summed E-state index contributed by atoms with van der Waals surface area (Å²) in [6, 6.07) is 7.38. The van der Waals surface area contributed by atoms with Crippen LogP contribution in [0.3, 0.4) is 0 Å². The van der Waals surface area contributed by atoms with Crippen molar-refractivity contribution >= 4 is 34.2 Å². The molecule has 0 saturated carbocycles. The van der Waals surface area contributed by atoms with E-state index in [9.17, 15) is 22.4 Å². The number of allylic oxidation sites excluding steroid dienone is 1. The Labute approximate surface area is 167 Å².